The van der Waals surface area contributed by atoms with Crippen LogP contribution in [-0.2, 0) is 0 Å². The van der Waals surface area contributed by atoms with Crippen LogP contribution >= 0.6 is 31.9 Å². The number of hydrogen-bond donors (Lipinski definition) is 0. The lowest BCUT2D eigenvalue weighted by Gasteiger charge is -2.23. The van der Waals surface area contributed by atoms with Crippen molar-refractivity contribution in [1.29, 1.82) is 0 Å². The van der Waals surface area contributed by atoms with Gasteiger partial charge in [-0.2, -0.15) is 0 Å². The van der Waals surface area contributed by atoms with Gasteiger partial charge in [0.05, 0.1) is 6.54 Å². The molecule has 1 aromatic carbocycles. The first-order valence-corrected chi connectivity index (χ1v) is 7.67. The summed E-state index contributed by atoms with van der Waals surface area (Å²) < 4.78 is 26.3. The quantitative estimate of drug-likeness (QED) is 0.697. The van der Waals surface area contributed by atoms with Gasteiger partial charge in [0.15, 0.2) is 0 Å². The van der Waals surface area contributed by atoms with Crippen LogP contribution in [0.4, 0.5) is 14.6 Å². The van der Waals surface area contributed by atoms with Crippen LogP contribution in [0, 0.1) is 0 Å². The molecular weight excluding hydrogens is 382 g/mol. The number of aromatic nitrogens is 1. The molecule has 6 heteroatoms. The molecule has 0 aliphatic rings. The predicted octanol–water partition coefficient (Wildman–Crippen LogP) is 4.46. The summed E-state index contributed by atoms with van der Waals surface area (Å²) in [5.41, 5.74) is 0. The van der Waals surface area contributed by atoms with Crippen LogP contribution in [-0.4, -0.2) is 29.8 Å². The summed E-state index contributed by atoms with van der Waals surface area (Å²) in [7, 11) is 0. The maximum atomic E-state index is 12.7. The summed E-state index contributed by atoms with van der Waals surface area (Å²) >= 11 is 6.76. The van der Waals surface area contributed by atoms with Crippen LogP contribution in [0.5, 0.6) is 0 Å². The lowest BCUT2D eigenvalue weighted by molar-refractivity contribution is 0.155. The first kappa shape index (κ1) is 14.7. The summed E-state index contributed by atoms with van der Waals surface area (Å²) in [6.07, 6.45) is -0.738. The zero-order valence-corrected chi connectivity index (χ0v) is 13.2. The molecule has 0 fully saturated rings. The van der Waals surface area contributed by atoms with E-state index >= 15 is 0 Å². The van der Waals surface area contributed by atoms with Crippen LogP contribution in [0.3, 0.4) is 0 Å². The highest BCUT2D eigenvalue weighted by Gasteiger charge is 2.16. The molecular formula is C13H12Br2F2N2. The van der Waals surface area contributed by atoms with E-state index < -0.39 is 6.43 Å². The van der Waals surface area contributed by atoms with Gasteiger partial charge in [0, 0.05) is 33.3 Å². The van der Waals surface area contributed by atoms with E-state index in [9.17, 15) is 8.78 Å². The third-order valence-corrected chi connectivity index (χ3v) is 3.79. The first-order valence-electron chi connectivity index (χ1n) is 5.75. The van der Waals surface area contributed by atoms with Crippen molar-refractivity contribution in [3.8, 4) is 0 Å². The average Bonchev–Trinajstić information content (AvgIpc) is 2.38. The van der Waals surface area contributed by atoms with Crippen LogP contribution in [0.25, 0.3) is 10.8 Å². The maximum absolute atomic E-state index is 12.7. The average molecular weight is 394 g/mol. The van der Waals surface area contributed by atoms with Crippen molar-refractivity contribution in [3.63, 3.8) is 0 Å². The van der Waals surface area contributed by atoms with Crippen LogP contribution in [0.15, 0.2) is 34.9 Å². The minimum atomic E-state index is -2.39. The number of pyridine rings is 1. The van der Waals surface area contributed by atoms with E-state index in [1.54, 1.807) is 11.1 Å². The minimum Gasteiger partial charge on any atom is -0.350 e. The van der Waals surface area contributed by atoms with E-state index in [4.69, 9.17) is 0 Å². The van der Waals surface area contributed by atoms with Crippen molar-refractivity contribution in [2.45, 2.75) is 6.43 Å². The summed E-state index contributed by atoms with van der Waals surface area (Å²) in [6, 6.07) is 7.58. The molecule has 0 saturated carbocycles. The molecule has 0 N–H and O–H groups in total. The third kappa shape index (κ3) is 3.42. The molecule has 2 rings (SSSR count). The van der Waals surface area contributed by atoms with Crippen molar-refractivity contribution in [2.75, 3.05) is 23.3 Å². The SMILES string of the molecule is FC(F)CN(CCBr)c1nccc2c(Br)cccc12. The molecule has 0 aliphatic carbocycles. The van der Waals surface area contributed by atoms with E-state index in [-0.39, 0.29) is 6.54 Å². The molecule has 0 aliphatic heterocycles. The topological polar surface area (TPSA) is 16.1 Å². The molecule has 0 amide bonds. The monoisotopic (exact) mass is 392 g/mol. The second-order valence-corrected chi connectivity index (χ2v) is 5.64. The lowest BCUT2D eigenvalue weighted by atomic mass is 10.1. The number of hydrogen-bond acceptors (Lipinski definition) is 2. The number of anilines is 1. The number of nitrogens with zero attached hydrogens (tertiary/aromatic N) is 2. The van der Waals surface area contributed by atoms with E-state index in [1.807, 2.05) is 24.3 Å². The molecule has 0 saturated heterocycles. The minimum absolute atomic E-state index is 0.315. The van der Waals surface area contributed by atoms with E-state index in [0.29, 0.717) is 17.7 Å². The molecule has 0 unspecified atom stereocenters. The Bertz CT molecular complexity index is 563. The highest BCUT2D eigenvalue weighted by Crippen LogP contribution is 2.30. The van der Waals surface area contributed by atoms with Gasteiger partial charge < -0.3 is 4.90 Å². The summed E-state index contributed by atoms with van der Waals surface area (Å²) in [6.45, 7) is 0.174. The third-order valence-electron chi connectivity index (χ3n) is 2.74. The molecule has 0 bridgehead atoms. The van der Waals surface area contributed by atoms with Crippen molar-refractivity contribution < 1.29 is 8.78 Å². The second-order valence-electron chi connectivity index (χ2n) is 4.00. The molecule has 0 atom stereocenters. The number of alkyl halides is 3. The van der Waals surface area contributed by atoms with E-state index in [2.05, 4.69) is 36.8 Å². The maximum Gasteiger partial charge on any atom is 0.255 e. The molecule has 2 aromatic rings. The Kier molecular flexibility index (Phi) is 5.10. The fourth-order valence-corrected chi connectivity index (χ4v) is 2.88. The van der Waals surface area contributed by atoms with Crippen LogP contribution in [0.1, 0.15) is 0 Å². The Morgan fingerprint density at radius 2 is 2.00 bits per heavy atom. The predicted molar refractivity (Wildman–Crippen MR) is 81.5 cm³/mol. The molecule has 102 valence electrons. The van der Waals surface area contributed by atoms with Gasteiger partial charge in [-0.15, -0.1) is 0 Å². The van der Waals surface area contributed by atoms with Gasteiger partial charge in [0.1, 0.15) is 5.82 Å². The molecule has 2 nitrogen and oxygen atoms in total. The fourth-order valence-electron chi connectivity index (χ4n) is 1.96. The molecule has 19 heavy (non-hydrogen) atoms. The van der Waals surface area contributed by atoms with Crippen molar-refractivity contribution >= 4 is 48.5 Å². The van der Waals surface area contributed by atoms with Gasteiger partial charge in [-0.05, 0) is 12.1 Å². The van der Waals surface area contributed by atoms with Gasteiger partial charge in [-0.25, -0.2) is 13.8 Å². The second kappa shape index (κ2) is 6.61. The van der Waals surface area contributed by atoms with Gasteiger partial charge in [0.25, 0.3) is 6.43 Å². The Balaban J connectivity index is 2.50. The summed E-state index contributed by atoms with van der Waals surface area (Å²) in [5.74, 6) is 0.596. The standard InChI is InChI=1S/C13H12Br2F2N2/c14-5-7-19(8-12(16)17)13-10-2-1-3-11(15)9(10)4-6-18-13/h1-4,6,12H,5,7-8H2. The fraction of sp³-hybridized carbons (Fsp3) is 0.308. The van der Waals surface area contributed by atoms with E-state index in [0.717, 1.165) is 15.2 Å². The number of rotatable bonds is 5. The first-order chi connectivity index (χ1) is 9.13. The Morgan fingerprint density at radius 3 is 2.68 bits per heavy atom. The smallest absolute Gasteiger partial charge is 0.255 e. The van der Waals surface area contributed by atoms with Crippen molar-refractivity contribution in [3.05, 3.63) is 34.9 Å². The van der Waals surface area contributed by atoms with Gasteiger partial charge in [0.2, 0.25) is 0 Å². The van der Waals surface area contributed by atoms with Crippen LogP contribution in [0.2, 0.25) is 0 Å². The lowest BCUT2D eigenvalue weighted by Crippen LogP contribution is -2.31. The molecule has 0 radical (unpaired) electrons. The zero-order chi connectivity index (χ0) is 13.8. The molecule has 0 spiro atoms. The Hall–Kier alpha value is -0.750. The van der Waals surface area contributed by atoms with Gasteiger partial charge in [-0.3, -0.25) is 0 Å². The van der Waals surface area contributed by atoms with Gasteiger partial charge in [-0.1, -0.05) is 44.0 Å². The highest BCUT2D eigenvalue weighted by molar-refractivity contribution is 9.10. The molecule has 1 aromatic heterocycles. The van der Waals surface area contributed by atoms with Crippen molar-refractivity contribution in [2.24, 2.45) is 0 Å². The zero-order valence-electron chi connectivity index (χ0n) is 9.99. The number of halogens is 4. The normalized spacial score (nSPS) is 11.2. The molecule has 1 heterocycles. The van der Waals surface area contributed by atoms with E-state index in [1.165, 1.54) is 0 Å². The highest BCUT2D eigenvalue weighted by atomic mass is 79.9. The summed E-state index contributed by atoms with van der Waals surface area (Å²) in [5, 5.41) is 2.46. The Morgan fingerprint density at radius 1 is 1.21 bits per heavy atom. The largest absolute Gasteiger partial charge is 0.350 e. The van der Waals surface area contributed by atoms with Gasteiger partial charge >= 0.3 is 0 Å². The van der Waals surface area contributed by atoms with Crippen molar-refractivity contribution in [1.82, 2.24) is 4.98 Å². The number of fused-ring (bicyclic) bond motifs is 1. The summed E-state index contributed by atoms with van der Waals surface area (Å²) in [4.78, 5) is 5.88. The Labute approximate surface area is 127 Å². The van der Waals surface area contributed by atoms with Crippen LogP contribution < -0.4 is 4.90 Å². The number of benzene rings is 1.